The Morgan fingerprint density at radius 1 is 1.23 bits per heavy atom. The highest BCUT2D eigenvalue weighted by molar-refractivity contribution is 7.98. The Bertz CT molecular complexity index is 646. The van der Waals surface area contributed by atoms with E-state index in [2.05, 4.69) is 4.98 Å². The van der Waals surface area contributed by atoms with Crippen LogP contribution in [0.15, 0.2) is 46.5 Å². The van der Waals surface area contributed by atoms with E-state index in [9.17, 15) is 4.79 Å². The van der Waals surface area contributed by atoms with E-state index in [-0.39, 0.29) is 24.8 Å². The fraction of sp³-hybridized carbons (Fsp3) is 0.333. The van der Waals surface area contributed by atoms with Crippen LogP contribution in [0.25, 0.3) is 0 Å². The maximum absolute atomic E-state index is 12.2. The van der Waals surface area contributed by atoms with Gasteiger partial charge in [-0.25, -0.2) is 0 Å². The highest BCUT2D eigenvalue weighted by atomic mass is 32.2. The number of ether oxygens (including phenoxy) is 3. The van der Waals surface area contributed by atoms with Crippen LogP contribution < -0.4 is 10.3 Å². The van der Waals surface area contributed by atoms with E-state index in [1.807, 2.05) is 12.1 Å². The van der Waals surface area contributed by atoms with Gasteiger partial charge in [-0.1, -0.05) is 0 Å². The predicted octanol–water partition coefficient (Wildman–Crippen LogP) is 2.12. The summed E-state index contributed by atoms with van der Waals surface area (Å²) in [6.07, 6.45) is 5.28. The molecule has 0 saturated carbocycles. The summed E-state index contributed by atoms with van der Waals surface area (Å²) >= 11 is 1.61. The van der Waals surface area contributed by atoms with Gasteiger partial charge >= 0.3 is 0 Å². The van der Waals surface area contributed by atoms with Crippen LogP contribution in [-0.4, -0.2) is 30.6 Å². The van der Waals surface area contributed by atoms with Crippen molar-refractivity contribution in [1.29, 1.82) is 0 Å². The zero-order chi connectivity index (χ0) is 15.8. The van der Waals surface area contributed by atoms with Crippen molar-refractivity contribution in [1.82, 2.24) is 9.55 Å². The molecule has 7 heteroatoms. The molecule has 22 heavy (non-hydrogen) atoms. The molecule has 0 aliphatic rings. The minimum atomic E-state index is -0.243. The van der Waals surface area contributed by atoms with Crippen molar-refractivity contribution in [2.45, 2.75) is 17.4 Å². The van der Waals surface area contributed by atoms with Crippen LogP contribution in [0.1, 0.15) is 5.56 Å². The molecular formula is C15H18N2O4S. The number of nitrogens with zero attached hydrogens (tertiary/aromatic N) is 2. The van der Waals surface area contributed by atoms with Gasteiger partial charge in [-0.3, -0.25) is 14.3 Å². The Hall–Kier alpha value is -1.83. The highest BCUT2D eigenvalue weighted by Gasteiger charge is 2.09. The monoisotopic (exact) mass is 322 g/mol. The molecule has 2 heterocycles. The summed E-state index contributed by atoms with van der Waals surface area (Å²) in [7, 11) is 3.05. The third-order valence-electron chi connectivity index (χ3n) is 2.78. The highest BCUT2D eigenvalue weighted by Crippen LogP contribution is 2.24. The van der Waals surface area contributed by atoms with Crippen LogP contribution in [0.5, 0.6) is 5.75 Å². The molecule has 0 N–H and O–H groups in total. The number of methoxy groups -OCH3 is 2. The van der Waals surface area contributed by atoms with E-state index in [1.54, 1.807) is 43.5 Å². The molecule has 6 nitrogen and oxygen atoms in total. The minimum absolute atomic E-state index is 0.0285. The van der Waals surface area contributed by atoms with E-state index in [0.29, 0.717) is 0 Å². The second kappa shape index (κ2) is 8.57. The lowest BCUT2D eigenvalue weighted by molar-refractivity contribution is 0.0483. The topological polar surface area (TPSA) is 62.6 Å². The van der Waals surface area contributed by atoms with E-state index in [0.717, 1.165) is 16.2 Å². The summed E-state index contributed by atoms with van der Waals surface area (Å²) < 4.78 is 16.7. The van der Waals surface area contributed by atoms with Crippen molar-refractivity contribution in [3.63, 3.8) is 0 Å². The van der Waals surface area contributed by atoms with Crippen molar-refractivity contribution in [3.05, 3.63) is 52.7 Å². The Kier molecular flexibility index (Phi) is 6.45. The van der Waals surface area contributed by atoms with E-state index in [4.69, 9.17) is 14.2 Å². The molecule has 0 fully saturated rings. The van der Waals surface area contributed by atoms with Crippen molar-refractivity contribution >= 4 is 11.8 Å². The molecule has 2 aromatic rings. The molecule has 0 aliphatic carbocycles. The number of hydrogen-bond acceptors (Lipinski definition) is 6. The zero-order valence-corrected chi connectivity index (χ0v) is 13.3. The molecule has 0 amide bonds. The fourth-order valence-electron chi connectivity index (χ4n) is 1.77. The Morgan fingerprint density at radius 3 is 2.68 bits per heavy atom. The maximum atomic E-state index is 12.2. The molecule has 0 aliphatic heterocycles. The van der Waals surface area contributed by atoms with Crippen molar-refractivity contribution in [3.8, 4) is 5.75 Å². The van der Waals surface area contributed by atoms with Gasteiger partial charge in [0, 0.05) is 49.5 Å². The number of aromatic nitrogens is 2. The third-order valence-corrected chi connectivity index (χ3v) is 3.82. The maximum Gasteiger partial charge on any atom is 0.294 e. The minimum Gasteiger partial charge on any atom is -0.462 e. The van der Waals surface area contributed by atoms with E-state index < -0.39 is 0 Å². The van der Waals surface area contributed by atoms with Gasteiger partial charge in [0.2, 0.25) is 0 Å². The first kappa shape index (κ1) is 16.5. The Labute approximate surface area is 133 Å². The Balaban J connectivity index is 2.18. The van der Waals surface area contributed by atoms with Crippen molar-refractivity contribution in [2.24, 2.45) is 0 Å². The molecule has 0 saturated heterocycles. The molecule has 0 atom stereocenters. The van der Waals surface area contributed by atoms with Crippen molar-refractivity contribution in [2.75, 3.05) is 21.0 Å². The first-order valence-corrected chi connectivity index (χ1v) is 7.60. The smallest absolute Gasteiger partial charge is 0.294 e. The van der Waals surface area contributed by atoms with Gasteiger partial charge in [0.25, 0.3) is 5.56 Å². The summed E-state index contributed by atoms with van der Waals surface area (Å²) in [5.41, 5.74) is 0.913. The lowest BCUT2D eigenvalue weighted by Crippen LogP contribution is -2.23. The molecule has 118 valence electrons. The fourth-order valence-corrected chi connectivity index (χ4v) is 2.69. The second-order valence-corrected chi connectivity index (χ2v) is 5.48. The molecule has 2 aromatic heterocycles. The molecule has 0 radical (unpaired) electrons. The molecule has 0 spiro atoms. The second-order valence-electron chi connectivity index (χ2n) is 4.43. The van der Waals surface area contributed by atoms with Gasteiger partial charge < -0.3 is 14.2 Å². The molecule has 0 aromatic carbocycles. The summed E-state index contributed by atoms with van der Waals surface area (Å²) in [6, 6.07) is 5.64. The lowest BCUT2D eigenvalue weighted by Gasteiger charge is -2.11. The van der Waals surface area contributed by atoms with E-state index in [1.165, 1.54) is 11.7 Å². The van der Waals surface area contributed by atoms with Gasteiger partial charge in [0.15, 0.2) is 12.5 Å². The van der Waals surface area contributed by atoms with Gasteiger partial charge in [-0.2, -0.15) is 0 Å². The largest absolute Gasteiger partial charge is 0.462 e. The van der Waals surface area contributed by atoms with E-state index >= 15 is 0 Å². The number of pyridine rings is 2. The van der Waals surface area contributed by atoms with Crippen LogP contribution in [0.4, 0.5) is 0 Å². The first-order chi connectivity index (χ1) is 10.7. The van der Waals surface area contributed by atoms with Crippen LogP contribution in [0.2, 0.25) is 0 Å². The Morgan fingerprint density at radius 2 is 2.00 bits per heavy atom. The van der Waals surface area contributed by atoms with Crippen LogP contribution in [0.3, 0.4) is 0 Å². The average molecular weight is 322 g/mol. The van der Waals surface area contributed by atoms with Crippen LogP contribution in [0, 0.1) is 0 Å². The quantitative estimate of drug-likeness (QED) is 0.548. The normalized spacial score (nSPS) is 10.6. The predicted molar refractivity (Wildman–Crippen MR) is 84.0 cm³/mol. The molecule has 0 unspecified atom stereocenters. The summed E-state index contributed by atoms with van der Waals surface area (Å²) in [5, 5.41) is 0. The van der Waals surface area contributed by atoms with Gasteiger partial charge in [-0.05, 0) is 17.7 Å². The van der Waals surface area contributed by atoms with Crippen LogP contribution in [-0.2, 0) is 22.0 Å². The summed E-state index contributed by atoms with van der Waals surface area (Å²) in [5.74, 6) is 1.02. The molecular weight excluding hydrogens is 304 g/mol. The van der Waals surface area contributed by atoms with Gasteiger partial charge in [0.1, 0.15) is 6.73 Å². The van der Waals surface area contributed by atoms with Gasteiger partial charge in [0.05, 0.1) is 0 Å². The lowest BCUT2D eigenvalue weighted by atomic mass is 10.3. The molecule has 0 bridgehead atoms. The number of hydrogen-bond donors (Lipinski definition) is 0. The first-order valence-electron chi connectivity index (χ1n) is 6.61. The molecule has 2 rings (SSSR count). The number of rotatable bonds is 8. The standard InChI is InChI=1S/C15H18N2O4S/c1-19-10-17-8-13(7-14(15(17)18)21-11-20-2)22-9-12-3-5-16-6-4-12/h3-8H,9-11H2,1-2H3. The summed E-state index contributed by atoms with van der Waals surface area (Å²) in [6.45, 7) is 0.201. The SMILES string of the molecule is COCOc1cc(SCc2ccncc2)cn(COC)c1=O. The third kappa shape index (κ3) is 4.59. The van der Waals surface area contributed by atoms with Crippen molar-refractivity contribution < 1.29 is 14.2 Å². The van der Waals surface area contributed by atoms with Gasteiger partial charge in [-0.15, -0.1) is 11.8 Å². The average Bonchev–Trinajstić information content (AvgIpc) is 2.55. The summed E-state index contributed by atoms with van der Waals surface area (Å²) in [4.78, 5) is 17.1. The number of thioether (sulfide) groups is 1. The zero-order valence-electron chi connectivity index (χ0n) is 12.5. The van der Waals surface area contributed by atoms with Crippen LogP contribution >= 0.6 is 11.8 Å².